The highest BCUT2D eigenvalue weighted by Crippen LogP contribution is 2.30. The van der Waals surface area contributed by atoms with E-state index in [1.54, 1.807) is 19.2 Å². The molecule has 0 spiro atoms. The van der Waals surface area contributed by atoms with Crippen molar-refractivity contribution in [2.75, 3.05) is 7.11 Å². The van der Waals surface area contributed by atoms with Gasteiger partial charge in [0.05, 0.1) is 12.6 Å². The number of aromatic nitrogens is 3. The van der Waals surface area contributed by atoms with Crippen LogP contribution in [-0.4, -0.2) is 22.3 Å². The van der Waals surface area contributed by atoms with Crippen LogP contribution in [0.1, 0.15) is 11.6 Å². The lowest BCUT2D eigenvalue weighted by Crippen LogP contribution is -1.98. The molecule has 3 aromatic heterocycles. The van der Waals surface area contributed by atoms with Crippen LogP contribution in [0.2, 0.25) is 0 Å². The number of furan rings is 1. The summed E-state index contributed by atoms with van der Waals surface area (Å²) in [5.74, 6) is 2.54. The molecule has 0 saturated carbocycles. The molecule has 1 aromatic carbocycles. The second-order valence-corrected chi connectivity index (χ2v) is 6.32. The summed E-state index contributed by atoms with van der Waals surface area (Å²) < 4.78 is 22.8. The highest BCUT2D eigenvalue weighted by Gasteiger charge is 2.14. The van der Waals surface area contributed by atoms with Gasteiger partial charge in [-0.15, -0.1) is 10.2 Å². The van der Waals surface area contributed by atoms with Gasteiger partial charge in [-0.25, -0.2) is 0 Å². The van der Waals surface area contributed by atoms with Crippen molar-refractivity contribution in [2.45, 2.75) is 13.5 Å². The monoisotopic (exact) mass is 415 g/mol. The van der Waals surface area contributed by atoms with Crippen LogP contribution in [0.15, 0.2) is 49.9 Å². The van der Waals surface area contributed by atoms with Crippen molar-refractivity contribution >= 4 is 26.8 Å². The molecule has 0 aliphatic carbocycles. The second kappa shape index (κ2) is 6.80. The van der Waals surface area contributed by atoms with Crippen LogP contribution >= 0.6 is 15.9 Å². The van der Waals surface area contributed by atoms with Gasteiger partial charge in [-0.3, -0.25) is 4.98 Å². The third-order valence-electron chi connectivity index (χ3n) is 3.71. The van der Waals surface area contributed by atoms with E-state index in [1.807, 2.05) is 31.2 Å². The summed E-state index contributed by atoms with van der Waals surface area (Å²) in [6.45, 7) is 2.04. The highest BCUT2D eigenvalue weighted by molar-refractivity contribution is 9.10. The number of methoxy groups -OCH3 is 1. The van der Waals surface area contributed by atoms with Crippen LogP contribution < -0.4 is 9.47 Å². The first-order valence-electron chi connectivity index (χ1n) is 7.78. The van der Waals surface area contributed by atoms with Crippen molar-refractivity contribution in [3.8, 4) is 23.1 Å². The van der Waals surface area contributed by atoms with Gasteiger partial charge < -0.3 is 18.3 Å². The largest absolute Gasteiger partial charge is 0.497 e. The number of halogens is 1. The molecule has 0 N–H and O–H groups in total. The number of benzene rings is 1. The summed E-state index contributed by atoms with van der Waals surface area (Å²) in [7, 11) is 1.62. The molecular formula is C18H14BrN3O4. The minimum atomic E-state index is 0.130. The molecule has 4 aromatic rings. The van der Waals surface area contributed by atoms with E-state index >= 15 is 0 Å². The first-order valence-corrected chi connectivity index (χ1v) is 8.58. The van der Waals surface area contributed by atoms with E-state index in [4.69, 9.17) is 18.3 Å². The summed E-state index contributed by atoms with van der Waals surface area (Å²) in [4.78, 5) is 4.51. The lowest BCUT2D eigenvalue weighted by Gasteiger charge is -2.10. The van der Waals surface area contributed by atoms with Gasteiger partial charge in [0.1, 0.15) is 11.5 Å². The van der Waals surface area contributed by atoms with Gasteiger partial charge in [0, 0.05) is 17.1 Å². The van der Waals surface area contributed by atoms with Crippen molar-refractivity contribution in [1.29, 1.82) is 0 Å². The maximum absolute atomic E-state index is 5.91. The van der Waals surface area contributed by atoms with E-state index in [-0.39, 0.29) is 6.61 Å². The number of nitrogens with zero attached hydrogens (tertiary/aromatic N) is 3. The fourth-order valence-electron chi connectivity index (χ4n) is 2.53. The third kappa shape index (κ3) is 3.28. The smallest absolute Gasteiger partial charge is 0.283 e. The molecule has 0 radical (unpaired) electrons. The highest BCUT2D eigenvalue weighted by atomic mass is 79.9. The normalized spacial score (nSPS) is 11.0. The molecule has 0 bridgehead atoms. The third-order valence-corrected chi connectivity index (χ3v) is 4.13. The first-order chi connectivity index (χ1) is 12.6. The lowest BCUT2D eigenvalue weighted by molar-refractivity contribution is 0.266. The summed E-state index contributed by atoms with van der Waals surface area (Å²) in [6.07, 6.45) is 0. The molecule has 0 fully saturated rings. The van der Waals surface area contributed by atoms with Crippen LogP contribution in [0, 0.1) is 6.92 Å². The van der Waals surface area contributed by atoms with E-state index < -0.39 is 0 Å². The van der Waals surface area contributed by atoms with Gasteiger partial charge in [-0.1, -0.05) is 0 Å². The molecule has 0 amide bonds. The Morgan fingerprint density at radius 1 is 1.08 bits per heavy atom. The number of aryl methyl sites for hydroxylation is 1. The molecule has 3 heterocycles. The minimum Gasteiger partial charge on any atom is -0.497 e. The number of fused-ring (bicyclic) bond motifs is 1. The molecule has 132 valence electrons. The molecule has 7 nitrogen and oxygen atoms in total. The predicted molar refractivity (Wildman–Crippen MR) is 97.1 cm³/mol. The number of ether oxygens (including phenoxy) is 2. The molecule has 8 heteroatoms. The maximum Gasteiger partial charge on any atom is 0.283 e. The fourth-order valence-corrected chi connectivity index (χ4v) is 2.83. The number of pyridine rings is 1. The van der Waals surface area contributed by atoms with E-state index in [0.29, 0.717) is 28.0 Å². The molecule has 26 heavy (non-hydrogen) atoms. The molecule has 0 atom stereocenters. The lowest BCUT2D eigenvalue weighted by atomic mass is 10.1. The molecule has 4 rings (SSSR count). The van der Waals surface area contributed by atoms with Crippen molar-refractivity contribution in [3.05, 3.63) is 52.7 Å². The summed E-state index contributed by atoms with van der Waals surface area (Å²) in [5.41, 5.74) is 1.68. The van der Waals surface area contributed by atoms with Gasteiger partial charge in [0.2, 0.25) is 0 Å². The van der Waals surface area contributed by atoms with Crippen LogP contribution in [0.25, 0.3) is 22.6 Å². The maximum atomic E-state index is 5.91. The molecule has 0 unspecified atom stereocenters. The average molecular weight is 416 g/mol. The Kier molecular flexibility index (Phi) is 4.34. The van der Waals surface area contributed by atoms with Gasteiger partial charge in [0.25, 0.3) is 11.8 Å². The Morgan fingerprint density at radius 2 is 1.96 bits per heavy atom. The Morgan fingerprint density at radius 3 is 2.73 bits per heavy atom. The van der Waals surface area contributed by atoms with E-state index in [1.165, 1.54) is 0 Å². The summed E-state index contributed by atoms with van der Waals surface area (Å²) >= 11 is 3.24. The van der Waals surface area contributed by atoms with Crippen LogP contribution in [-0.2, 0) is 6.61 Å². The van der Waals surface area contributed by atoms with E-state index in [0.717, 1.165) is 22.3 Å². The Bertz CT molecular complexity index is 1070. The van der Waals surface area contributed by atoms with Crippen molar-refractivity contribution in [3.63, 3.8) is 0 Å². The molecule has 0 aliphatic heterocycles. The summed E-state index contributed by atoms with van der Waals surface area (Å²) in [6, 6.07) is 11.0. The van der Waals surface area contributed by atoms with Crippen molar-refractivity contribution in [2.24, 2.45) is 0 Å². The zero-order valence-corrected chi connectivity index (χ0v) is 15.6. The van der Waals surface area contributed by atoms with Gasteiger partial charge in [-0.05, 0) is 53.2 Å². The van der Waals surface area contributed by atoms with Gasteiger partial charge >= 0.3 is 0 Å². The van der Waals surface area contributed by atoms with Crippen LogP contribution in [0.4, 0.5) is 0 Å². The van der Waals surface area contributed by atoms with E-state index in [2.05, 4.69) is 31.1 Å². The topological polar surface area (TPSA) is 83.4 Å². The van der Waals surface area contributed by atoms with Crippen LogP contribution in [0.5, 0.6) is 11.5 Å². The zero-order valence-electron chi connectivity index (χ0n) is 14.0. The van der Waals surface area contributed by atoms with Gasteiger partial charge in [-0.2, -0.15) is 0 Å². The Balaban J connectivity index is 1.59. The van der Waals surface area contributed by atoms with Gasteiger partial charge in [0.15, 0.2) is 17.0 Å². The SMILES string of the molecule is COc1ccc2nc(C)cc(OCc3nnc(-c4ccc(Br)o4)o3)c2c1. The Labute approximate surface area is 157 Å². The average Bonchev–Trinajstić information content (AvgIpc) is 3.28. The minimum absolute atomic E-state index is 0.130. The molecule has 0 saturated heterocycles. The first kappa shape index (κ1) is 16.6. The Hall–Kier alpha value is -2.87. The molecular weight excluding hydrogens is 402 g/mol. The van der Waals surface area contributed by atoms with Crippen molar-refractivity contribution < 1.29 is 18.3 Å². The fraction of sp³-hybridized carbons (Fsp3) is 0.167. The number of hydrogen-bond donors (Lipinski definition) is 0. The standard InChI is InChI=1S/C18H14BrN3O4/c1-10-7-15(12-8-11(23-2)3-4-13(12)20-10)24-9-17-21-22-18(26-17)14-5-6-16(19)25-14/h3-8H,9H2,1-2H3. The predicted octanol–water partition coefficient (Wildman–Crippen LogP) is 4.54. The van der Waals surface area contributed by atoms with Crippen LogP contribution in [0.3, 0.4) is 0 Å². The summed E-state index contributed by atoms with van der Waals surface area (Å²) in [5, 5.41) is 8.82. The number of hydrogen-bond acceptors (Lipinski definition) is 7. The zero-order chi connectivity index (χ0) is 18.1. The molecule has 0 aliphatic rings. The quantitative estimate of drug-likeness (QED) is 0.473. The van der Waals surface area contributed by atoms with E-state index in [9.17, 15) is 0 Å². The van der Waals surface area contributed by atoms with Crippen molar-refractivity contribution in [1.82, 2.24) is 15.2 Å². The number of rotatable bonds is 5. The second-order valence-electron chi connectivity index (χ2n) is 5.54.